The summed E-state index contributed by atoms with van der Waals surface area (Å²) < 4.78 is 27.2. The number of rotatable bonds is 11. The summed E-state index contributed by atoms with van der Waals surface area (Å²) >= 11 is 1.20. The molecular weight excluding hydrogens is 553 g/mol. The van der Waals surface area contributed by atoms with Crippen LogP contribution in [0.5, 0.6) is 5.88 Å². The number of carbonyl (C=O) groups is 1. The van der Waals surface area contributed by atoms with Crippen molar-refractivity contribution in [1.82, 2.24) is 8.75 Å². The summed E-state index contributed by atoms with van der Waals surface area (Å²) in [7, 11) is 2.19. The molecule has 33 heavy (non-hydrogen) atoms. The molecule has 1 aromatic rings. The number of unbranched alkanes of at least 4 members (excludes halogenated alkanes) is 3. The Labute approximate surface area is 220 Å². The Balaban J connectivity index is 0.00000385. The van der Waals surface area contributed by atoms with Crippen LogP contribution < -0.4 is 28.7 Å². The van der Waals surface area contributed by atoms with Crippen molar-refractivity contribution in [2.75, 3.05) is 40.0 Å². The topological polar surface area (TPSA) is 70.5 Å². The standard InChI is InChI=1S/C24H40N3O4S.HI/c1-5-6-7-8-14-30-22-21(25-32-26-22)20-10-9-13-27(4,17-20)23(18(2)3)31-24(28)19-11-15-29-16-12-19;/h10,18-19,23H,5-9,11-17H2,1-4H3;1H/q+1;/p-1. The first kappa shape index (κ1) is 28.5. The molecule has 1 saturated heterocycles. The summed E-state index contributed by atoms with van der Waals surface area (Å²) in [6.07, 6.45) is 9.13. The quantitative estimate of drug-likeness (QED) is 0.169. The molecule has 2 aliphatic rings. The summed E-state index contributed by atoms with van der Waals surface area (Å²) in [6.45, 7) is 10.1. The van der Waals surface area contributed by atoms with Crippen LogP contribution in [0.15, 0.2) is 6.08 Å². The van der Waals surface area contributed by atoms with Gasteiger partial charge in [0.15, 0.2) is 0 Å². The lowest BCUT2D eigenvalue weighted by atomic mass is 9.99. The van der Waals surface area contributed by atoms with Gasteiger partial charge in [-0.3, -0.25) is 9.28 Å². The van der Waals surface area contributed by atoms with Crippen molar-refractivity contribution in [3.63, 3.8) is 0 Å². The van der Waals surface area contributed by atoms with Crippen molar-refractivity contribution >= 4 is 23.3 Å². The fourth-order valence-electron chi connectivity index (χ4n) is 4.76. The molecule has 0 aromatic carbocycles. The molecule has 2 atom stereocenters. The zero-order valence-corrected chi connectivity index (χ0v) is 23.5. The summed E-state index contributed by atoms with van der Waals surface area (Å²) in [5.41, 5.74) is 2.00. The molecular formula is C24H40IN3O4S. The minimum absolute atomic E-state index is 0. The Morgan fingerprint density at radius 1 is 1.24 bits per heavy atom. The van der Waals surface area contributed by atoms with Gasteiger partial charge >= 0.3 is 5.97 Å². The van der Waals surface area contributed by atoms with E-state index in [0.29, 0.717) is 30.2 Å². The molecule has 2 unspecified atom stereocenters. The molecule has 9 heteroatoms. The minimum atomic E-state index is -0.195. The summed E-state index contributed by atoms with van der Waals surface area (Å²) in [5.74, 6) is 0.734. The highest BCUT2D eigenvalue weighted by Gasteiger charge is 2.42. The first-order valence-corrected chi connectivity index (χ1v) is 12.9. The lowest BCUT2D eigenvalue weighted by molar-refractivity contribution is -0.950. The number of hydrogen-bond acceptors (Lipinski definition) is 7. The molecule has 0 bridgehead atoms. The van der Waals surface area contributed by atoms with Crippen LogP contribution in [0, 0.1) is 11.8 Å². The molecule has 1 fully saturated rings. The van der Waals surface area contributed by atoms with Crippen molar-refractivity contribution < 1.29 is 47.5 Å². The highest BCUT2D eigenvalue weighted by molar-refractivity contribution is 6.99. The normalized spacial score (nSPS) is 22.4. The van der Waals surface area contributed by atoms with E-state index in [2.05, 4.69) is 42.6 Å². The van der Waals surface area contributed by atoms with Gasteiger partial charge in [0.05, 0.1) is 37.8 Å². The molecule has 0 N–H and O–H groups in total. The molecule has 3 rings (SSSR count). The number of esters is 1. The van der Waals surface area contributed by atoms with Crippen molar-refractivity contribution in [3.8, 4) is 5.88 Å². The molecule has 2 aliphatic heterocycles. The van der Waals surface area contributed by atoms with Crippen molar-refractivity contribution in [2.24, 2.45) is 11.8 Å². The first-order chi connectivity index (χ1) is 15.4. The second kappa shape index (κ2) is 13.9. The zero-order chi connectivity index (χ0) is 23.0. The summed E-state index contributed by atoms with van der Waals surface area (Å²) in [4.78, 5) is 12.9. The molecule has 7 nitrogen and oxygen atoms in total. The number of aromatic nitrogens is 2. The molecule has 1 aromatic heterocycles. The number of halogens is 1. The van der Waals surface area contributed by atoms with Crippen LogP contribution in [0.1, 0.15) is 71.4 Å². The Bertz CT molecular complexity index is 767. The van der Waals surface area contributed by atoms with Gasteiger partial charge < -0.3 is 38.2 Å². The first-order valence-electron chi connectivity index (χ1n) is 12.2. The monoisotopic (exact) mass is 593 g/mol. The number of quaternary nitrogens is 1. The Morgan fingerprint density at radius 3 is 2.70 bits per heavy atom. The maximum absolute atomic E-state index is 12.9. The SMILES string of the molecule is CCCCCCOc1nsnc1C1=CCC[N+](C)(C(OC(=O)C2CCOCC2)C(C)C)C1.[I-]. The number of hydrogen-bond donors (Lipinski definition) is 0. The molecule has 0 saturated carbocycles. The van der Waals surface area contributed by atoms with E-state index >= 15 is 0 Å². The molecule has 0 aliphatic carbocycles. The number of ether oxygens (including phenoxy) is 3. The van der Waals surface area contributed by atoms with Gasteiger partial charge in [-0.1, -0.05) is 46.1 Å². The van der Waals surface area contributed by atoms with Gasteiger partial charge in [-0.05, 0) is 19.3 Å². The Morgan fingerprint density at radius 2 is 2.00 bits per heavy atom. The molecule has 0 spiro atoms. The van der Waals surface area contributed by atoms with Crippen LogP contribution in [0.2, 0.25) is 0 Å². The smallest absolute Gasteiger partial charge is 0.313 e. The molecule has 188 valence electrons. The Hall–Kier alpha value is -0.780. The van der Waals surface area contributed by atoms with E-state index in [0.717, 1.165) is 50.0 Å². The fraction of sp³-hybridized carbons (Fsp3) is 0.792. The van der Waals surface area contributed by atoms with Gasteiger partial charge in [0.1, 0.15) is 12.2 Å². The fourth-order valence-corrected chi connectivity index (χ4v) is 5.29. The van der Waals surface area contributed by atoms with Crippen LogP contribution in [0.4, 0.5) is 0 Å². The third-order valence-corrected chi connectivity index (χ3v) is 7.05. The van der Waals surface area contributed by atoms with Crippen molar-refractivity contribution in [2.45, 2.75) is 71.9 Å². The predicted molar refractivity (Wildman–Crippen MR) is 126 cm³/mol. The third kappa shape index (κ3) is 7.86. The lowest BCUT2D eigenvalue weighted by Gasteiger charge is -2.44. The van der Waals surface area contributed by atoms with Crippen LogP contribution in [-0.4, -0.2) is 65.4 Å². The van der Waals surface area contributed by atoms with E-state index in [4.69, 9.17) is 14.2 Å². The minimum Gasteiger partial charge on any atom is -1.00 e. The van der Waals surface area contributed by atoms with Crippen LogP contribution in [0.25, 0.3) is 5.57 Å². The molecule has 0 amide bonds. The van der Waals surface area contributed by atoms with E-state index in [1.54, 1.807) is 0 Å². The number of nitrogens with zero attached hydrogens (tertiary/aromatic N) is 3. The van der Waals surface area contributed by atoms with E-state index in [-0.39, 0.29) is 48.0 Å². The van der Waals surface area contributed by atoms with E-state index < -0.39 is 0 Å². The third-order valence-electron chi connectivity index (χ3n) is 6.54. The number of carbonyl (C=O) groups excluding carboxylic acids is 1. The summed E-state index contributed by atoms with van der Waals surface area (Å²) in [6, 6.07) is 0. The van der Waals surface area contributed by atoms with Gasteiger partial charge in [0.25, 0.3) is 5.88 Å². The van der Waals surface area contributed by atoms with Crippen LogP contribution in [0.3, 0.4) is 0 Å². The van der Waals surface area contributed by atoms with Crippen LogP contribution >= 0.6 is 11.7 Å². The Kier molecular flexibility index (Phi) is 12.0. The van der Waals surface area contributed by atoms with Crippen LogP contribution in [-0.2, 0) is 14.3 Å². The van der Waals surface area contributed by atoms with Crippen molar-refractivity contribution in [1.29, 1.82) is 0 Å². The highest BCUT2D eigenvalue weighted by Crippen LogP contribution is 2.34. The van der Waals surface area contributed by atoms with E-state index in [1.807, 2.05) is 0 Å². The summed E-state index contributed by atoms with van der Waals surface area (Å²) in [5, 5.41) is 0. The lowest BCUT2D eigenvalue weighted by Crippen LogP contribution is -3.00. The van der Waals surface area contributed by atoms with E-state index in [9.17, 15) is 4.79 Å². The average Bonchev–Trinajstić information content (AvgIpc) is 3.26. The second-order valence-electron chi connectivity index (χ2n) is 9.66. The maximum Gasteiger partial charge on any atom is 0.313 e. The highest BCUT2D eigenvalue weighted by atomic mass is 127. The molecule has 3 heterocycles. The molecule has 0 radical (unpaired) electrons. The van der Waals surface area contributed by atoms with Gasteiger partial charge in [-0.15, -0.1) is 4.37 Å². The van der Waals surface area contributed by atoms with Gasteiger partial charge in [-0.25, -0.2) is 0 Å². The zero-order valence-electron chi connectivity index (χ0n) is 20.6. The van der Waals surface area contributed by atoms with Crippen molar-refractivity contribution in [3.05, 3.63) is 11.8 Å². The van der Waals surface area contributed by atoms with Gasteiger partial charge in [-0.2, -0.15) is 4.37 Å². The number of likely N-dealkylation sites (N-methyl/N-ethyl adjacent to an activating group) is 1. The van der Waals surface area contributed by atoms with Gasteiger partial charge in [0, 0.05) is 31.1 Å². The van der Waals surface area contributed by atoms with E-state index in [1.165, 1.54) is 31.0 Å². The maximum atomic E-state index is 12.9. The van der Waals surface area contributed by atoms with Gasteiger partial charge in [0.2, 0.25) is 6.23 Å². The predicted octanol–water partition coefficient (Wildman–Crippen LogP) is 1.69. The largest absolute Gasteiger partial charge is 1.00 e. The average molecular weight is 594 g/mol. The second-order valence-corrected chi connectivity index (χ2v) is 10.2.